The van der Waals surface area contributed by atoms with Gasteiger partial charge in [0.2, 0.25) is 0 Å². The van der Waals surface area contributed by atoms with Gasteiger partial charge in [0.1, 0.15) is 0 Å². The minimum Gasteiger partial charge on any atom is -0.466 e. The fourth-order valence-electron chi connectivity index (χ4n) is 3.69. The lowest BCUT2D eigenvalue weighted by molar-refractivity contribution is -0.145. The summed E-state index contributed by atoms with van der Waals surface area (Å²) in [4.78, 5) is 14.4. The number of ether oxygens (including phenoxy) is 1. The van der Waals surface area contributed by atoms with Crippen LogP contribution in [0.4, 0.5) is 0 Å². The molecule has 4 heteroatoms. The summed E-state index contributed by atoms with van der Waals surface area (Å²) in [7, 11) is 0. The third kappa shape index (κ3) is 2.69. The number of hydrogen-bond acceptors (Lipinski definition) is 4. The van der Waals surface area contributed by atoms with Crippen LogP contribution in [0.1, 0.15) is 46.0 Å². The summed E-state index contributed by atoms with van der Waals surface area (Å²) >= 11 is 0. The molecule has 0 amide bonds. The molecule has 2 saturated heterocycles. The molecule has 1 N–H and O–H groups in total. The van der Waals surface area contributed by atoms with E-state index in [-0.39, 0.29) is 11.5 Å². The number of rotatable bonds is 5. The Balaban J connectivity index is 2.08. The highest BCUT2D eigenvalue weighted by Crippen LogP contribution is 2.37. The Morgan fingerprint density at radius 1 is 1.39 bits per heavy atom. The first-order valence-corrected chi connectivity index (χ1v) is 7.36. The van der Waals surface area contributed by atoms with Crippen LogP contribution in [0.3, 0.4) is 0 Å². The van der Waals surface area contributed by atoms with E-state index in [4.69, 9.17) is 4.74 Å². The average Bonchev–Trinajstić information content (AvgIpc) is 2.70. The Morgan fingerprint density at radius 3 is 2.94 bits per heavy atom. The minimum atomic E-state index is -0.0501. The quantitative estimate of drug-likeness (QED) is 0.756. The zero-order valence-electron chi connectivity index (χ0n) is 11.7. The summed E-state index contributed by atoms with van der Waals surface area (Å²) in [6, 6.07) is 0.524. The van der Waals surface area contributed by atoms with Gasteiger partial charge in [0.05, 0.1) is 13.0 Å². The number of likely N-dealkylation sites (N-methyl/N-ethyl adjacent to an activating group) is 1. The van der Waals surface area contributed by atoms with Gasteiger partial charge in [-0.2, -0.15) is 0 Å². The number of esters is 1. The molecule has 0 bridgehead atoms. The van der Waals surface area contributed by atoms with Crippen LogP contribution in [-0.2, 0) is 9.53 Å². The van der Waals surface area contributed by atoms with Crippen LogP contribution in [0.25, 0.3) is 0 Å². The number of carbonyl (C=O) groups is 1. The van der Waals surface area contributed by atoms with Crippen LogP contribution in [0.15, 0.2) is 0 Å². The molecule has 0 aromatic rings. The van der Waals surface area contributed by atoms with E-state index in [1.54, 1.807) is 0 Å². The van der Waals surface area contributed by atoms with Crippen molar-refractivity contribution in [3.8, 4) is 0 Å². The molecular weight excluding hydrogens is 228 g/mol. The highest BCUT2D eigenvalue weighted by molar-refractivity contribution is 5.71. The molecule has 4 nitrogen and oxygen atoms in total. The standard InChI is InChI=1S/C14H26N2O2/c1-3-15-14(11-13(17)18-4-2)8-10-16-9-6-5-7-12(14)16/h12,15H,3-11H2,1-2H3. The van der Waals surface area contributed by atoms with Crippen LogP contribution in [-0.4, -0.2) is 48.7 Å². The molecule has 0 saturated carbocycles. The van der Waals surface area contributed by atoms with Crippen molar-refractivity contribution < 1.29 is 9.53 Å². The van der Waals surface area contributed by atoms with Gasteiger partial charge in [-0.05, 0) is 39.3 Å². The molecule has 2 fully saturated rings. The molecule has 0 aliphatic carbocycles. The van der Waals surface area contributed by atoms with Crippen molar-refractivity contribution in [2.24, 2.45) is 0 Å². The summed E-state index contributed by atoms with van der Waals surface area (Å²) in [5.74, 6) is -0.0501. The predicted molar refractivity (Wildman–Crippen MR) is 71.5 cm³/mol. The van der Waals surface area contributed by atoms with E-state index >= 15 is 0 Å². The lowest BCUT2D eigenvalue weighted by Crippen LogP contribution is -2.57. The van der Waals surface area contributed by atoms with Crippen LogP contribution in [0, 0.1) is 0 Å². The highest BCUT2D eigenvalue weighted by Gasteiger charge is 2.48. The number of hydrogen-bond donors (Lipinski definition) is 1. The molecule has 0 aromatic carbocycles. The summed E-state index contributed by atoms with van der Waals surface area (Å²) < 4.78 is 5.16. The van der Waals surface area contributed by atoms with Crippen molar-refractivity contribution in [1.29, 1.82) is 0 Å². The first-order chi connectivity index (χ1) is 8.72. The van der Waals surface area contributed by atoms with E-state index in [0.717, 1.165) is 19.5 Å². The highest BCUT2D eigenvalue weighted by atomic mass is 16.5. The third-order valence-corrected chi connectivity index (χ3v) is 4.39. The summed E-state index contributed by atoms with van der Waals surface area (Å²) in [6.07, 6.45) is 5.40. The molecule has 0 spiro atoms. The van der Waals surface area contributed by atoms with Gasteiger partial charge in [-0.25, -0.2) is 0 Å². The van der Waals surface area contributed by atoms with Crippen molar-refractivity contribution in [3.05, 3.63) is 0 Å². The molecule has 2 aliphatic rings. The second kappa shape index (κ2) is 6.02. The molecule has 0 aromatic heterocycles. The van der Waals surface area contributed by atoms with Gasteiger partial charge in [0, 0.05) is 18.1 Å². The van der Waals surface area contributed by atoms with Crippen molar-refractivity contribution in [2.45, 2.75) is 57.5 Å². The molecule has 0 radical (unpaired) electrons. The van der Waals surface area contributed by atoms with Gasteiger partial charge in [0.25, 0.3) is 0 Å². The third-order valence-electron chi connectivity index (χ3n) is 4.39. The van der Waals surface area contributed by atoms with Crippen molar-refractivity contribution >= 4 is 5.97 Å². The van der Waals surface area contributed by atoms with Crippen LogP contribution in [0.5, 0.6) is 0 Å². The molecule has 2 heterocycles. The largest absolute Gasteiger partial charge is 0.466 e. The van der Waals surface area contributed by atoms with Gasteiger partial charge in [-0.15, -0.1) is 0 Å². The first kappa shape index (κ1) is 13.8. The summed E-state index contributed by atoms with van der Waals surface area (Å²) in [5, 5.41) is 3.60. The van der Waals surface area contributed by atoms with Gasteiger partial charge in [-0.1, -0.05) is 13.3 Å². The van der Waals surface area contributed by atoms with Crippen molar-refractivity contribution in [1.82, 2.24) is 10.2 Å². The van der Waals surface area contributed by atoms with Crippen molar-refractivity contribution in [3.63, 3.8) is 0 Å². The lowest BCUT2D eigenvalue weighted by atomic mass is 9.82. The topological polar surface area (TPSA) is 41.6 Å². The van der Waals surface area contributed by atoms with Gasteiger partial charge < -0.3 is 10.1 Å². The van der Waals surface area contributed by atoms with Gasteiger partial charge in [-0.3, -0.25) is 9.69 Å². The van der Waals surface area contributed by atoms with E-state index in [9.17, 15) is 4.79 Å². The molecule has 2 aliphatic heterocycles. The predicted octanol–water partition coefficient (Wildman–Crippen LogP) is 1.55. The maximum Gasteiger partial charge on any atom is 0.307 e. The number of carbonyl (C=O) groups excluding carboxylic acids is 1. The van der Waals surface area contributed by atoms with E-state index in [0.29, 0.717) is 19.1 Å². The Bertz CT molecular complexity index is 296. The zero-order valence-corrected chi connectivity index (χ0v) is 11.7. The maximum atomic E-state index is 11.9. The van der Waals surface area contributed by atoms with Gasteiger partial charge in [0.15, 0.2) is 0 Å². The molecule has 2 unspecified atom stereocenters. The smallest absolute Gasteiger partial charge is 0.307 e. The van der Waals surface area contributed by atoms with Gasteiger partial charge >= 0.3 is 5.97 Å². The van der Waals surface area contributed by atoms with E-state index in [1.807, 2.05) is 6.92 Å². The van der Waals surface area contributed by atoms with Crippen LogP contribution >= 0.6 is 0 Å². The fourth-order valence-corrected chi connectivity index (χ4v) is 3.69. The first-order valence-electron chi connectivity index (χ1n) is 7.36. The van der Waals surface area contributed by atoms with E-state index in [2.05, 4.69) is 17.1 Å². The average molecular weight is 254 g/mol. The SMILES string of the molecule is CCNC1(CC(=O)OCC)CCN2CCCCC21. The normalized spacial score (nSPS) is 32.2. The Hall–Kier alpha value is -0.610. The monoisotopic (exact) mass is 254 g/mol. The number of nitrogens with one attached hydrogen (secondary N) is 1. The fraction of sp³-hybridized carbons (Fsp3) is 0.929. The lowest BCUT2D eigenvalue weighted by Gasteiger charge is -2.41. The van der Waals surface area contributed by atoms with Crippen LogP contribution < -0.4 is 5.32 Å². The van der Waals surface area contributed by atoms with E-state index < -0.39 is 0 Å². The number of piperidine rings is 1. The van der Waals surface area contributed by atoms with E-state index in [1.165, 1.54) is 25.8 Å². The Kier molecular flexibility index (Phi) is 4.62. The Morgan fingerprint density at radius 2 is 2.22 bits per heavy atom. The Labute approximate surface area is 110 Å². The number of nitrogens with zero attached hydrogens (tertiary/aromatic N) is 1. The second-order valence-electron chi connectivity index (χ2n) is 5.47. The minimum absolute atomic E-state index is 0.0403. The maximum absolute atomic E-state index is 11.9. The molecule has 2 atom stereocenters. The molecule has 104 valence electrons. The zero-order chi connectivity index (χ0) is 13.0. The molecule has 2 rings (SSSR count). The summed E-state index contributed by atoms with van der Waals surface area (Å²) in [6.45, 7) is 7.72. The number of fused-ring (bicyclic) bond motifs is 1. The molecular formula is C14H26N2O2. The second-order valence-corrected chi connectivity index (χ2v) is 5.47. The van der Waals surface area contributed by atoms with Crippen LogP contribution in [0.2, 0.25) is 0 Å². The summed E-state index contributed by atoms with van der Waals surface area (Å²) in [5.41, 5.74) is -0.0403. The van der Waals surface area contributed by atoms with Crippen molar-refractivity contribution in [2.75, 3.05) is 26.2 Å². The molecule has 18 heavy (non-hydrogen) atoms.